The third-order valence-corrected chi connectivity index (χ3v) is 6.51. The highest BCUT2D eigenvalue weighted by atomic mass is 35.5. The third kappa shape index (κ3) is 7.15. The second-order valence-corrected chi connectivity index (χ2v) is 9.11. The van der Waals surface area contributed by atoms with Crippen molar-refractivity contribution >= 4 is 34.6 Å². The molecule has 9 heteroatoms. The van der Waals surface area contributed by atoms with E-state index in [2.05, 4.69) is 23.7 Å². The molecule has 1 N–H and O–H groups in total. The van der Waals surface area contributed by atoms with Gasteiger partial charge in [-0.15, -0.1) is 0 Å². The number of alkyl halides is 3. The maximum absolute atomic E-state index is 13.1. The molecule has 0 aliphatic carbocycles. The molecule has 0 saturated carbocycles. The molecular weight excluding hydrogens is 477 g/mol. The summed E-state index contributed by atoms with van der Waals surface area (Å²) < 4.78 is 39.2. The minimum atomic E-state index is -4.76. The van der Waals surface area contributed by atoms with Crippen molar-refractivity contribution in [2.75, 3.05) is 26.2 Å². The fourth-order valence-electron chi connectivity index (χ4n) is 4.12. The summed E-state index contributed by atoms with van der Waals surface area (Å²) in [5.41, 5.74) is -0.175. The number of hydrogen-bond donors (Lipinski definition) is 1. The van der Waals surface area contributed by atoms with E-state index in [0.717, 1.165) is 25.9 Å². The average Bonchev–Trinajstić information content (AvgIpc) is 2.84. The van der Waals surface area contributed by atoms with Gasteiger partial charge in [0.15, 0.2) is 0 Å². The van der Waals surface area contributed by atoms with Crippen molar-refractivity contribution in [2.45, 2.75) is 45.3 Å². The molecule has 0 aromatic heterocycles. The molecule has 1 heterocycles. The highest BCUT2D eigenvalue weighted by Gasteiger charge is 2.35. The molecule has 0 spiro atoms. The van der Waals surface area contributed by atoms with E-state index in [1.807, 2.05) is 4.90 Å². The number of carbonyl (C=O) groups is 1. The first-order valence-corrected chi connectivity index (χ1v) is 12.1. The Balaban J connectivity index is 1.77. The summed E-state index contributed by atoms with van der Waals surface area (Å²) in [5, 5.41) is 7.75. The van der Waals surface area contributed by atoms with Gasteiger partial charge in [0.1, 0.15) is 5.71 Å². The fourth-order valence-corrected chi connectivity index (χ4v) is 4.29. The van der Waals surface area contributed by atoms with E-state index in [0.29, 0.717) is 41.0 Å². The lowest BCUT2D eigenvalue weighted by Gasteiger charge is -2.38. The molecule has 1 aliphatic rings. The number of halogens is 4. The number of carbonyl (C=O) groups excluding carboxylic acids is 1. The quantitative estimate of drug-likeness (QED) is 0.422. The van der Waals surface area contributed by atoms with Crippen LogP contribution in [-0.2, 0) is 0 Å². The van der Waals surface area contributed by atoms with Crippen LogP contribution in [-0.4, -0.2) is 65.5 Å². The van der Waals surface area contributed by atoms with Gasteiger partial charge >= 0.3 is 6.18 Å². The number of benzene rings is 2. The molecule has 0 radical (unpaired) electrons. The van der Waals surface area contributed by atoms with Gasteiger partial charge in [0.05, 0.1) is 16.4 Å². The van der Waals surface area contributed by atoms with E-state index in [1.54, 1.807) is 48.5 Å². The number of nitrogens with zero attached hydrogens (tertiary/aromatic N) is 3. The van der Waals surface area contributed by atoms with Crippen LogP contribution in [0.2, 0.25) is 5.02 Å². The lowest BCUT2D eigenvalue weighted by atomic mass is 10.0. The monoisotopic (exact) mass is 506 g/mol. The van der Waals surface area contributed by atoms with Crippen LogP contribution in [0.4, 0.5) is 18.9 Å². The van der Waals surface area contributed by atoms with Crippen LogP contribution in [0.3, 0.4) is 0 Å². The summed E-state index contributed by atoms with van der Waals surface area (Å²) in [6, 6.07) is 13.4. The van der Waals surface area contributed by atoms with Gasteiger partial charge in [-0.25, -0.2) is 0 Å². The van der Waals surface area contributed by atoms with Gasteiger partial charge in [0.25, 0.3) is 5.91 Å². The third-order valence-electron chi connectivity index (χ3n) is 6.19. The molecule has 1 saturated heterocycles. The van der Waals surface area contributed by atoms with Crippen LogP contribution in [0.1, 0.15) is 49.0 Å². The largest absolute Gasteiger partial charge is 0.429 e. The SMILES string of the molecule is CCCC(C)N1CCN(C(=O)c2ccc(C(CC(=N)C(F)(F)F)=Nc3ccccc3Cl)cc2)CC1. The van der Waals surface area contributed by atoms with Crippen molar-refractivity contribution in [1.29, 1.82) is 5.41 Å². The molecule has 1 fully saturated rings. The second-order valence-electron chi connectivity index (χ2n) is 8.71. The average molecular weight is 507 g/mol. The first-order chi connectivity index (χ1) is 16.6. The van der Waals surface area contributed by atoms with Crippen molar-refractivity contribution in [2.24, 2.45) is 4.99 Å². The summed E-state index contributed by atoms with van der Waals surface area (Å²) >= 11 is 6.15. The highest BCUT2D eigenvalue weighted by Crippen LogP contribution is 2.27. The Labute approximate surface area is 209 Å². The molecule has 3 rings (SSSR count). The summed E-state index contributed by atoms with van der Waals surface area (Å²) in [6.45, 7) is 7.28. The van der Waals surface area contributed by atoms with Gasteiger partial charge in [0, 0.05) is 44.2 Å². The molecule has 1 aliphatic heterocycles. The van der Waals surface area contributed by atoms with Crippen molar-refractivity contribution in [3.05, 3.63) is 64.7 Å². The number of nitrogens with one attached hydrogen (secondary N) is 1. The van der Waals surface area contributed by atoms with Crippen LogP contribution < -0.4 is 0 Å². The van der Waals surface area contributed by atoms with E-state index in [4.69, 9.17) is 17.0 Å². The molecule has 35 heavy (non-hydrogen) atoms. The summed E-state index contributed by atoms with van der Waals surface area (Å²) in [6.07, 6.45) is -3.22. The summed E-state index contributed by atoms with van der Waals surface area (Å²) in [5.74, 6) is -0.105. The van der Waals surface area contributed by atoms with Crippen LogP contribution in [0.25, 0.3) is 0 Å². The van der Waals surface area contributed by atoms with Gasteiger partial charge in [-0.3, -0.25) is 14.7 Å². The number of piperazine rings is 1. The second kappa shape index (κ2) is 11.8. The van der Waals surface area contributed by atoms with Crippen LogP contribution >= 0.6 is 11.6 Å². The maximum atomic E-state index is 13.1. The molecule has 1 atom stereocenters. The Morgan fingerprint density at radius 1 is 1.06 bits per heavy atom. The van der Waals surface area contributed by atoms with Crippen LogP contribution in [0.15, 0.2) is 53.5 Å². The van der Waals surface area contributed by atoms with Gasteiger partial charge < -0.3 is 10.3 Å². The number of para-hydroxylation sites is 1. The van der Waals surface area contributed by atoms with E-state index in [-0.39, 0.29) is 11.6 Å². The smallest absolute Gasteiger partial charge is 0.336 e. The zero-order valence-electron chi connectivity index (χ0n) is 19.9. The standard InChI is InChI=1S/C26H30ClF3N4O/c1-3-6-18(2)33-13-15-34(16-14-33)25(35)20-11-9-19(10-12-20)23(17-24(31)26(28,29)30)32-22-8-5-4-7-21(22)27/h4-5,7-12,18,31H,3,6,13-17H2,1-2H3. The van der Waals surface area contributed by atoms with Gasteiger partial charge in [-0.1, -0.05) is 49.2 Å². The molecule has 1 amide bonds. The van der Waals surface area contributed by atoms with Crippen molar-refractivity contribution in [1.82, 2.24) is 9.80 Å². The van der Waals surface area contributed by atoms with Crippen LogP contribution in [0, 0.1) is 5.41 Å². The zero-order chi connectivity index (χ0) is 25.6. The normalized spacial score (nSPS) is 16.3. The Morgan fingerprint density at radius 3 is 2.23 bits per heavy atom. The number of amides is 1. The van der Waals surface area contributed by atoms with Crippen molar-refractivity contribution in [3.63, 3.8) is 0 Å². The van der Waals surface area contributed by atoms with Gasteiger partial charge in [-0.05, 0) is 43.2 Å². The molecule has 0 bridgehead atoms. The van der Waals surface area contributed by atoms with Crippen molar-refractivity contribution in [3.8, 4) is 0 Å². The molecule has 2 aromatic carbocycles. The van der Waals surface area contributed by atoms with E-state index < -0.39 is 18.3 Å². The number of hydrogen-bond acceptors (Lipinski definition) is 4. The Hall–Kier alpha value is -2.71. The topological polar surface area (TPSA) is 59.8 Å². The Morgan fingerprint density at radius 2 is 1.66 bits per heavy atom. The van der Waals surface area contributed by atoms with Gasteiger partial charge in [0.2, 0.25) is 0 Å². The molecule has 1 unspecified atom stereocenters. The van der Waals surface area contributed by atoms with E-state index in [9.17, 15) is 18.0 Å². The molecule has 5 nitrogen and oxygen atoms in total. The van der Waals surface area contributed by atoms with E-state index >= 15 is 0 Å². The lowest BCUT2D eigenvalue weighted by Crippen LogP contribution is -2.51. The van der Waals surface area contributed by atoms with Crippen LogP contribution in [0.5, 0.6) is 0 Å². The molecular formula is C26H30ClF3N4O. The highest BCUT2D eigenvalue weighted by molar-refractivity contribution is 6.33. The predicted octanol–water partition coefficient (Wildman–Crippen LogP) is 6.38. The lowest BCUT2D eigenvalue weighted by molar-refractivity contribution is -0.0605. The number of aliphatic imine (C=N–C) groups is 1. The Kier molecular flexibility index (Phi) is 9.08. The molecule has 2 aromatic rings. The van der Waals surface area contributed by atoms with Crippen molar-refractivity contribution < 1.29 is 18.0 Å². The fraction of sp³-hybridized carbons (Fsp3) is 0.423. The maximum Gasteiger partial charge on any atom is 0.429 e. The minimum absolute atomic E-state index is 0.0537. The van der Waals surface area contributed by atoms with E-state index in [1.165, 1.54) is 0 Å². The molecule has 188 valence electrons. The van der Waals surface area contributed by atoms with Gasteiger partial charge in [-0.2, -0.15) is 13.2 Å². The Bertz CT molecular complexity index is 1060. The predicted molar refractivity (Wildman–Crippen MR) is 134 cm³/mol. The number of rotatable bonds is 8. The summed E-state index contributed by atoms with van der Waals surface area (Å²) in [4.78, 5) is 21.5. The first-order valence-electron chi connectivity index (χ1n) is 11.7. The first kappa shape index (κ1) is 26.9. The minimum Gasteiger partial charge on any atom is -0.336 e. The zero-order valence-corrected chi connectivity index (χ0v) is 20.7. The summed E-state index contributed by atoms with van der Waals surface area (Å²) in [7, 11) is 0.